The second kappa shape index (κ2) is 5.15. The summed E-state index contributed by atoms with van der Waals surface area (Å²) in [4.78, 5) is 4.44. The third-order valence-corrected chi connectivity index (χ3v) is 3.65. The van der Waals surface area contributed by atoms with Gasteiger partial charge in [0.05, 0.1) is 18.4 Å². The molecule has 3 nitrogen and oxygen atoms in total. The fourth-order valence-corrected chi connectivity index (χ4v) is 2.04. The summed E-state index contributed by atoms with van der Waals surface area (Å²) in [6.07, 6.45) is 8.78. The first-order chi connectivity index (χ1) is 8.42. The molecule has 0 aromatic carbocycles. The highest BCUT2D eigenvalue weighted by atomic mass is 16.5. The van der Waals surface area contributed by atoms with E-state index in [0.29, 0.717) is 12.7 Å². The van der Waals surface area contributed by atoms with E-state index >= 15 is 0 Å². The number of hydrogen-bond acceptors (Lipinski definition) is 3. The normalized spacial score (nSPS) is 20.2. The molecular formula is C14H20N2O. The Kier molecular flexibility index (Phi) is 3.39. The highest BCUT2D eigenvalue weighted by Gasteiger charge is 2.21. The molecule has 0 radical (unpaired) electrons. The monoisotopic (exact) mass is 232 g/mol. The Morgan fingerprint density at radius 1 is 1.29 bits per heavy atom. The molecule has 0 spiro atoms. The van der Waals surface area contributed by atoms with Crippen LogP contribution in [0.4, 0.5) is 0 Å². The van der Waals surface area contributed by atoms with Crippen molar-refractivity contribution >= 4 is 0 Å². The van der Waals surface area contributed by atoms with Gasteiger partial charge >= 0.3 is 0 Å². The molecule has 2 fully saturated rings. The molecule has 0 atom stereocenters. The van der Waals surface area contributed by atoms with Crippen molar-refractivity contribution in [1.82, 2.24) is 10.3 Å². The molecule has 0 saturated heterocycles. The Labute approximate surface area is 103 Å². The van der Waals surface area contributed by atoms with E-state index in [9.17, 15) is 0 Å². The van der Waals surface area contributed by atoms with Gasteiger partial charge < -0.3 is 10.1 Å². The van der Waals surface area contributed by atoms with Gasteiger partial charge in [-0.15, -0.1) is 0 Å². The molecule has 1 aromatic rings. The van der Waals surface area contributed by atoms with Crippen LogP contribution >= 0.6 is 0 Å². The predicted molar refractivity (Wildman–Crippen MR) is 66.5 cm³/mol. The number of nitrogens with one attached hydrogen (secondary N) is 1. The molecule has 3 heteroatoms. The highest BCUT2D eigenvalue weighted by molar-refractivity contribution is 5.19. The van der Waals surface area contributed by atoms with E-state index in [1.54, 1.807) is 0 Å². The van der Waals surface area contributed by atoms with Crippen LogP contribution < -0.4 is 5.32 Å². The van der Waals surface area contributed by atoms with E-state index in [2.05, 4.69) is 16.4 Å². The summed E-state index contributed by atoms with van der Waals surface area (Å²) in [7, 11) is 0. The summed E-state index contributed by atoms with van der Waals surface area (Å²) in [5.74, 6) is 0. The first-order valence-electron chi connectivity index (χ1n) is 6.69. The smallest absolute Gasteiger partial charge is 0.0894 e. The van der Waals surface area contributed by atoms with Gasteiger partial charge in [0.1, 0.15) is 0 Å². The maximum atomic E-state index is 5.84. The molecule has 17 heavy (non-hydrogen) atoms. The lowest BCUT2D eigenvalue weighted by molar-refractivity contribution is -0.0104. The third kappa shape index (κ3) is 3.05. The van der Waals surface area contributed by atoms with Gasteiger partial charge in [0.15, 0.2) is 0 Å². The van der Waals surface area contributed by atoms with Gasteiger partial charge in [0, 0.05) is 18.8 Å². The average Bonchev–Trinajstić information content (AvgIpc) is 3.09. The Hall–Kier alpha value is -0.930. The van der Waals surface area contributed by atoms with Gasteiger partial charge in [-0.05, 0) is 43.7 Å². The molecule has 2 saturated carbocycles. The van der Waals surface area contributed by atoms with Crippen LogP contribution in [-0.2, 0) is 17.9 Å². The van der Waals surface area contributed by atoms with Crippen molar-refractivity contribution in [2.24, 2.45) is 0 Å². The lowest BCUT2D eigenvalue weighted by Crippen LogP contribution is -2.22. The zero-order chi connectivity index (χ0) is 11.5. The van der Waals surface area contributed by atoms with Crippen molar-refractivity contribution in [2.75, 3.05) is 0 Å². The lowest BCUT2D eigenvalue weighted by Gasteiger charge is -2.25. The molecule has 1 aromatic heterocycles. The summed E-state index contributed by atoms with van der Waals surface area (Å²) in [6, 6.07) is 4.91. The molecule has 0 amide bonds. The topological polar surface area (TPSA) is 34.1 Å². The van der Waals surface area contributed by atoms with Crippen LogP contribution in [0.3, 0.4) is 0 Å². The Bertz CT molecular complexity index is 372. The number of ether oxygens (including phenoxy) is 1. The van der Waals surface area contributed by atoms with Gasteiger partial charge in [-0.25, -0.2) is 0 Å². The quantitative estimate of drug-likeness (QED) is 0.817. The van der Waals surface area contributed by atoms with Crippen LogP contribution in [0.5, 0.6) is 0 Å². The van der Waals surface area contributed by atoms with E-state index in [0.717, 1.165) is 18.3 Å². The van der Waals surface area contributed by atoms with Crippen molar-refractivity contribution in [3.05, 3.63) is 29.6 Å². The van der Waals surface area contributed by atoms with Crippen molar-refractivity contribution < 1.29 is 4.74 Å². The number of pyridine rings is 1. The molecule has 92 valence electrons. The van der Waals surface area contributed by atoms with Crippen molar-refractivity contribution in [3.8, 4) is 0 Å². The minimum Gasteiger partial charge on any atom is -0.372 e. The summed E-state index contributed by atoms with van der Waals surface area (Å²) in [5, 5.41) is 3.53. The standard InChI is InChI=1S/C14H20N2O/c1-4-13(5-1)17-10-14-11(3-2-8-15-14)9-16-12-6-7-12/h2-3,8,12-13,16H,1,4-7,9-10H2. The van der Waals surface area contributed by atoms with Gasteiger partial charge in [-0.3, -0.25) is 4.98 Å². The van der Waals surface area contributed by atoms with Crippen LogP contribution in [0.15, 0.2) is 18.3 Å². The first-order valence-corrected chi connectivity index (χ1v) is 6.69. The van der Waals surface area contributed by atoms with Gasteiger partial charge in [0.2, 0.25) is 0 Å². The van der Waals surface area contributed by atoms with Gasteiger partial charge in [-0.1, -0.05) is 6.07 Å². The van der Waals surface area contributed by atoms with Crippen molar-refractivity contribution in [1.29, 1.82) is 0 Å². The largest absolute Gasteiger partial charge is 0.372 e. The average molecular weight is 232 g/mol. The first kappa shape index (κ1) is 11.2. The summed E-state index contributed by atoms with van der Waals surface area (Å²) in [6.45, 7) is 1.61. The van der Waals surface area contributed by atoms with E-state index in [1.165, 1.54) is 37.7 Å². The molecule has 3 rings (SSSR count). The molecule has 0 bridgehead atoms. The molecular weight excluding hydrogens is 212 g/mol. The Balaban J connectivity index is 1.55. The van der Waals surface area contributed by atoms with Crippen molar-refractivity contribution in [2.45, 2.75) is 57.4 Å². The molecule has 2 aliphatic rings. The Morgan fingerprint density at radius 3 is 2.88 bits per heavy atom. The maximum Gasteiger partial charge on any atom is 0.0894 e. The second-order valence-corrected chi connectivity index (χ2v) is 5.13. The molecule has 2 aliphatic carbocycles. The lowest BCUT2D eigenvalue weighted by atomic mass is 9.96. The Morgan fingerprint density at radius 2 is 2.18 bits per heavy atom. The molecule has 0 aliphatic heterocycles. The van der Waals surface area contributed by atoms with Gasteiger partial charge in [-0.2, -0.15) is 0 Å². The van der Waals surface area contributed by atoms with E-state index in [4.69, 9.17) is 4.74 Å². The maximum absolute atomic E-state index is 5.84. The van der Waals surface area contributed by atoms with Crippen molar-refractivity contribution in [3.63, 3.8) is 0 Å². The van der Waals surface area contributed by atoms with E-state index in [-0.39, 0.29) is 0 Å². The summed E-state index contributed by atoms with van der Waals surface area (Å²) >= 11 is 0. The SMILES string of the molecule is c1cnc(COC2CCC2)c(CNC2CC2)c1. The van der Waals surface area contributed by atoms with Gasteiger partial charge in [0.25, 0.3) is 0 Å². The van der Waals surface area contributed by atoms with Crippen LogP contribution in [0.25, 0.3) is 0 Å². The second-order valence-electron chi connectivity index (χ2n) is 5.13. The summed E-state index contributed by atoms with van der Waals surface area (Å²) < 4.78 is 5.84. The molecule has 1 N–H and O–H groups in total. The zero-order valence-corrected chi connectivity index (χ0v) is 10.2. The van der Waals surface area contributed by atoms with E-state index < -0.39 is 0 Å². The fraction of sp³-hybridized carbons (Fsp3) is 0.643. The van der Waals surface area contributed by atoms with Crippen LogP contribution in [0, 0.1) is 0 Å². The van der Waals surface area contributed by atoms with E-state index in [1.807, 2.05) is 12.3 Å². The predicted octanol–water partition coefficient (Wildman–Crippen LogP) is 2.40. The number of rotatable bonds is 6. The number of nitrogens with zero attached hydrogens (tertiary/aromatic N) is 1. The molecule has 1 heterocycles. The minimum absolute atomic E-state index is 0.487. The minimum atomic E-state index is 0.487. The fourth-order valence-electron chi connectivity index (χ4n) is 2.04. The molecule has 0 unspecified atom stereocenters. The number of aromatic nitrogens is 1. The van der Waals surface area contributed by atoms with Crippen LogP contribution in [-0.4, -0.2) is 17.1 Å². The third-order valence-electron chi connectivity index (χ3n) is 3.65. The van der Waals surface area contributed by atoms with Crippen LogP contribution in [0.1, 0.15) is 43.4 Å². The number of hydrogen-bond donors (Lipinski definition) is 1. The zero-order valence-electron chi connectivity index (χ0n) is 10.2. The van der Waals surface area contributed by atoms with Crippen LogP contribution in [0.2, 0.25) is 0 Å². The highest BCUT2D eigenvalue weighted by Crippen LogP contribution is 2.24. The summed E-state index contributed by atoms with van der Waals surface area (Å²) in [5.41, 5.74) is 2.39.